The van der Waals surface area contributed by atoms with Gasteiger partial charge < -0.3 is 9.42 Å². The fourth-order valence-corrected chi connectivity index (χ4v) is 4.69. The molecule has 0 radical (unpaired) electrons. The third-order valence-electron chi connectivity index (χ3n) is 3.23. The Balaban J connectivity index is 2.63. The molecule has 0 saturated carbocycles. The highest BCUT2D eigenvalue weighted by atomic mass is 35.5. The quantitative estimate of drug-likeness (QED) is 0.160. The third-order valence-corrected chi connectivity index (χ3v) is 7.13. The van der Waals surface area contributed by atoms with E-state index in [1.807, 2.05) is 0 Å². The lowest BCUT2D eigenvalue weighted by Crippen LogP contribution is -2.15. The van der Waals surface area contributed by atoms with Gasteiger partial charge in [-0.3, -0.25) is 0 Å². The second-order valence-corrected chi connectivity index (χ2v) is 10.1. The lowest BCUT2D eigenvalue weighted by atomic mass is 10.1. The van der Waals surface area contributed by atoms with Gasteiger partial charge in [-0.1, -0.05) is 97.0 Å². The zero-order valence-electron chi connectivity index (χ0n) is 13.1. The fourth-order valence-electron chi connectivity index (χ4n) is 1.95. The molecule has 1 atom stereocenters. The Hall–Kier alpha value is 1.04. The molecule has 0 aliphatic carbocycles. The normalized spacial score (nSPS) is 13.8. The maximum Gasteiger partial charge on any atom is 0.310 e. The van der Waals surface area contributed by atoms with Gasteiger partial charge in [-0.15, -0.1) is 0 Å². The Morgan fingerprint density at radius 2 is 1.33 bits per heavy atom. The maximum atomic E-state index is 10.3. The molecular weight excluding hydrogens is 454 g/mol. The van der Waals surface area contributed by atoms with Crippen LogP contribution in [0.25, 0.3) is 0 Å². The van der Waals surface area contributed by atoms with Crippen LogP contribution in [0.2, 0.25) is 25.1 Å². The standard InChI is InChI=1S/C14H19Cl5NO2PS/c1-2-3-4-5-6-7-8-20-23(21,24)22-14-12(18)10(16)9(15)11(17)13(14)19/h2-8H2,1H3,(H2,20,21,24). The molecule has 0 saturated heterocycles. The maximum absolute atomic E-state index is 10.3. The first-order chi connectivity index (χ1) is 11.2. The summed E-state index contributed by atoms with van der Waals surface area (Å²) >= 11 is 35.0. The minimum Gasteiger partial charge on any atom is -0.430 e. The van der Waals surface area contributed by atoms with Crippen LogP contribution in [0, 0.1) is 0 Å². The van der Waals surface area contributed by atoms with Crippen molar-refractivity contribution in [2.75, 3.05) is 6.54 Å². The highest BCUT2D eigenvalue weighted by Crippen LogP contribution is 2.52. The van der Waals surface area contributed by atoms with Crippen molar-refractivity contribution in [1.82, 2.24) is 5.09 Å². The zero-order valence-corrected chi connectivity index (χ0v) is 18.5. The summed E-state index contributed by atoms with van der Waals surface area (Å²) < 4.78 is 5.40. The second kappa shape index (κ2) is 11.0. The third kappa shape index (κ3) is 6.98. The number of nitrogens with one attached hydrogen (secondary N) is 1. The minimum atomic E-state index is -3.33. The smallest absolute Gasteiger partial charge is 0.310 e. The van der Waals surface area contributed by atoms with Crippen molar-refractivity contribution in [3.63, 3.8) is 0 Å². The summed E-state index contributed by atoms with van der Waals surface area (Å²) in [5.41, 5.74) is 0. The van der Waals surface area contributed by atoms with Gasteiger partial charge >= 0.3 is 6.64 Å². The highest BCUT2D eigenvalue weighted by molar-refractivity contribution is 8.08. The molecule has 10 heteroatoms. The van der Waals surface area contributed by atoms with Crippen molar-refractivity contribution in [1.29, 1.82) is 0 Å². The molecule has 0 aliphatic heterocycles. The van der Waals surface area contributed by atoms with Crippen molar-refractivity contribution in [2.24, 2.45) is 0 Å². The van der Waals surface area contributed by atoms with Gasteiger partial charge in [0.1, 0.15) is 10.0 Å². The van der Waals surface area contributed by atoms with E-state index in [1.54, 1.807) is 0 Å². The predicted octanol–water partition coefficient (Wildman–Crippen LogP) is 7.50. The van der Waals surface area contributed by atoms with Crippen LogP contribution in [0.5, 0.6) is 5.75 Å². The van der Waals surface area contributed by atoms with Gasteiger partial charge in [0.05, 0.1) is 15.1 Å². The Kier molecular flexibility index (Phi) is 10.6. The molecule has 1 aromatic rings. The highest BCUT2D eigenvalue weighted by Gasteiger charge is 2.25. The molecule has 1 rings (SSSR count). The molecule has 0 heterocycles. The van der Waals surface area contributed by atoms with E-state index in [0.717, 1.165) is 19.3 Å². The molecule has 138 valence electrons. The summed E-state index contributed by atoms with van der Waals surface area (Å²) in [5.74, 6) is -0.0704. The van der Waals surface area contributed by atoms with Gasteiger partial charge in [0.2, 0.25) is 0 Å². The predicted molar refractivity (Wildman–Crippen MR) is 110 cm³/mol. The number of halogens is 5. The lowest BCUT2D eigenvalue weighted by molar-refractivity contribution is 0.462. The Morgan fingerprint density at radius 1 is 0.875 bits per heavy atom. The van der Waals surface area contributed by atoms with Crippen molar-refractivity contribution >= 4 is 76.5 Å². The monoisotopic (exact) mass is 471 g/mol. The Labute approximate surface area is 173 Å². The van der Waals surface area contributed by atoms with Gasteiger partial charge in [0.15, 0.2) is 5.75 Å². The van der Waals surface area contributed by atoms with Crippen LogP contribution in [0.4, 0.5) is 0 Å². The minimum absolute atomic E-state index is 0.00587. The lowest BCUT2D eigenvalue weighted by Gasteiger charge is -2.20. The van der Waals surface area contributed by atoms with Gasteiger partial charge in [0.25, 0.3) is 0 Å². The van der Waals surface area contributed by atoms with Crippen molar-refractivity contribution in [3.05, 3.63) is 25.1 Å². The van der Waals surface area contributed by atoms with Crippen LogP contribution in [0.15, 0.2) is 0 Å². The van der Waals surface area contributed by atoms with Gasteiger partial charge in [-0.05, 0) is 18.2 Å². The molecule has 2 N–H and O–H groups in total. The Morgan fingerprint density at radius 3 is 1.88 bits per heavy atom. The first-order valence-electron chi connectivity index (χ1n) is 7.50. The number of benzene rings is 1. The van der Waals surface area contributed by atoms with Crippen molar-refractivity contribution < 1.29 is 9.42 Å². The molecule has 3 nitrogen and oxygen atoms in total. The number of hydrogen-bond acceptors (Lipinski definition) is 2. The van der Waals surface area contributed by atoms with Crippen LogP contribution in [-0.2, 0) is 11.8 Å². The van der Waals surface area contributed by atoms with Crippen LogP contribution in [0.3, 0.4) is 0 Å². The van der Waals surface area contributed by atoms with Crippen molar-refractivity contribution in [2.45, 2.75) is 45.4 Å². The Bertz CT molecular complexity index is 588. The average molecular weight is 474 g/mol. The zero-order chi connectivity index (χ0) is 18.3. The topological polar surface area (TPSA) is 41.5 Å². The van der Waals surface area contributed by atoms with Crippen LogP contribution in [-0.4, -0.2) is 11.4 Å². The summed E-state index contributed by atoms with van der Waals surface area (Å²) in [4.78, 5) is 10.3. The number of rotatable bonds is 10. The summed E-state index contributed by atoms with van der Waals surface area (Å²) in [6.45, 7) is -0.626. The molecule has 0 fully saturated rings. The number of hydrogen-bond donors (Lipinski definition) is 2. The van der Waals surface area contributed by atoms with Gasteiger partial charge in [0, 0.05) is 6.54 Å². The van der Waals surface area contributed by atoms with E-state index in [9.17, 15) is 4.89 Å². The van der Waals surface area contributed by atoms with E-state index < -0.39 is 6.64 Å². The average Bonchev–Trinajstić information content (AvgIpc) is 2.54. The molecule has 24 heavy (non-hydrogen) atoms. The largest absolute Gasteiger partial charge is 0.430 e. The van der Waals surface area contributed by atoms with E-state index in [2.05, 4.69) is 12.0 Å². The molecule has 0 aromatic heterocycles. The SMILES string of the molecule is CCCCCCCCNP(O)(=S)Oc1c(Cl)c(Cl)c(Cl)c(Cl)c1Cl. The first kappa shape index (κ1) is 23.1. The van der Waals surface area contributed by atoms with E-state index in [1.165, 1.54) is 19.3 Å². The van der Waals surface area contributed by atoms with Crippen LogP contribution in [0.1, 0.15) is 45.4 Å². The first-order valence-corrected chi connectivity index (χ1v) is 12.1. The molecular formula is C14H19Cl5NO2PS. The molecule has 0 spiro atoms. The van der Waals surface area contributed by atoms with Crippen molar-refractivity contribution in [3.8, 4) is 5.75 Å². The second-order valence-electron chi connectivity index (χ2n) is 5.19. The summed E-state index contributed by atoms with van der Waals surface area (Å²) in [5, 5.41) is 2.76. The molecule has 0 bridgehead atoms. The summed E-state index contributed by atoms with van der Waals surface area (Å²) in [7, 11) is 0. The van der Waals surface area contributed by atoms with Crippen LogP contribution < -0.4 is 9.61 Å². The van der Waals surface area contributed by atoms with E-state index in [0.29, 0.717) is 6.54 Å². The molecule has 1 unspecified atom stereocenters. The van der Waals surface area contributed by atoms with Gasteiger partial charge in [-0.25, -0.2) is 5.09 Å². The van der Waals surface area contributed by atoms with Gasteiger partial charge in [-0.2, -0.15) is 0 Å². The molecule has 1 aromatic carbocycles. The van der Waals surface area contributed by atoms with E-state index in [4.69, 9.17) is 74.3 Å². The van der Waals surface area contributed by atoms with E-state index >= 15 is 0 Å². The van der Waals surface area contributed by atoms with Crippen LogP contribution >= 0.6 is 64.6 Å². The number of unbranched alkanes of at least 4 members (excludes halogenated alkanes) is 5. The fraction of sp³-hybridized carbons (Fsp3) is 0.571. The summed E-state index contributed by atoms with van der Waals surface area (Å²) in [6, 6.07) is 0. The van der Waals surface area contributed by atoms with E-state index in [-0.39, 0.29) is 30.9 Å². The summed E-state index contributed by atoms with van der Waals surface area (Å²) in [6.07, 6.45) is 6.76. The molecule has 0 aliphatic rings. The molecule has 0 amide bonds.